The van der Waals surface area contributed by atoms with Gasteiger partial charge in [0.25, 0.3) is 0 Å². The minimum atomic E-state index is -5.08. The van der Waals surface area contributed by atoms with Crippen LogP contribution in [0.3, 0.4) is 0 Å². The van der Waals surface area contributed by atoms with Crippen molar-refractivity contribution in [2.75, 3.05) is 37.7 Å². The van der Waals surface area contributed by atoms with Crippen LogP contribution in [-0.4, -0.2) is 87.8 Å². The van der Waals surface area contributed by atoms with Gasteiger partial charge < -0.3 is 19.8 Å². The zero-order valence-electron chi connectivity index (χ0n) is 19.5. The van der Waals surface area contributed by atoms with Gasteiger partial charge in [-0.15, -0.1) is 11.3 Å². The third kappa shape index (κ3) is 10.0. The van der Waals surface area contributed by atoms with Crippen LogP contribution in [-0.2, 0) is 20.9 Å². The van der Waals surface area contributed by atoms with Crippen LogP contribution >= 0.6 is 11.3 Å². The lowest BCUT2D eigenvalue weighted by atomic mass is 9.89. The Balaban J connectivity index is 0.000000301. The zero-order valence-corrected chi connectivity index (χ0v) is 20.3. The maximum atomic E-state index is 13.0. The Kier molecular flexibility index (Phi) is 10.8. The molecule has 0 unspecified atom stereocenters. The number of hydrogen-bond acceptors (Lipinski definition) is 8. The highest BCUT2D eigenvalue weighted by molar-refractivity contribution is 7.09. The first-order valence-electron chi connectivity index (χ1n) is 10.8. The van der Waals surface area contributed by atoms with Gasteiger partial charge >= 0.3 is 24.3 Å². The number of rotatable bonds is 3. The molecule has 1 spiro atoms. The van der Waals surface area contributed by atoms with Gasteiger partial charge in [-0.1, -0.05) is 6.07 Å². The van der Waals surface area contributed by atoms with Crippen molar-refractivity contribution in [2.45, 2.75) is 37.3 Å². The van der Waals surface area contributed by atoms with Crippen molar-refractivity contribution in [3.8, 4) is 0 Å². The fourth-order valence-electron chi connectivity index (χ4n) is 3.53. The summed E-state index contributed by atoms with van der Waals surface area (Å²) >= 11 is 1.81. The third-order valence-corrected chi connectivity index (χ3v) is 6.21. The van der Waals surface area contributed by atoms with E-state index in [0.29, 0.717) is 12.6 Å². The minimum absolute atomic E-state index is 0.123. The van der Waals surface area contributed by atoms with Gasteiger partial charge in [0.1, 0.15) is 0 Å². The molecular weight excluding hydrogens is 553 g/mol. The Morgan fingerprint density at radius 2 is 1.53 bits per heavy atom. The van der Waals surface area contributed by atoms with Crippen LogP contribution in [0.4, 0.5) is 36.7 Å². The summed E-state index contributed by atoms with van der Waals surface area (Å²) in [4.78, 5) is 32.1. The number of anilines is 1. The summed E-state index contributed by atoms with van der Waals surface area (Å²) in [5.74, 6) is -5.32. The number of piperidine rings is 1. The number of hydrogen-bond donors (Lipinski definition) is 2. The van der Waals surface area contributed by atoms with E-state index in [2.05, 4.69) is 37.3 Å². The zero-order chi connectivity index (χ0) is 28.6. The highest BCUT2D eigenvalue weighted by Crippen LogP contribution is 2.32. The average molecular weight is 576 g/mol. The monoisotopic (exact) mass is 576 g/mol. The van der Waals surface area contributed by atoms with Gasteiger partial charge in [-0.25, -0.2) is 23.9 Å². The molecule has 0 amide bonds. The molecule has 17 heteroatoms. The van der Waals surface area contributed by atoms with Gasteiger partial charge in [-0.3, -0.25) is 4.90 Å². The third-order valence-electron chi connectivity index (χ3n) is 5.35. The molecule has 2 aliphatic rings. The molecule has 9 nitrogen and oxygen atoms in total. The summed E-state index contributed by atoms with van der Waals surface area (Å²) in [6.07, 6.45) is -5.69. The molecule has 4 rings (SSSR count). The quantitative estimate of drug-likeness (QED) is 0.527. The highest BCUT2D eigenvalue weighted by atomic mass is 32.1. The van der Waals surface area contributed by atoms with Crippen molar-refractivity contribution in [1.82, 2.24) is 14.9 Å². The smallest absolute Gasteiger partial charge is 0.475 e. The normalized spacial score (nSPS) is 17.6. The van der Waals surface area contributed by atoms with E-state index in [4.69, 9.17) is 24.5 Å². The van der Waals surface area contributed by atoms with E-state index in [9.17, 15) is 30.7 Å². The number of nitrogens with zero attached hydrogens (tertiary/aromatic N) is 4. The predicted octanol–water partition coefficient (Wildman–Crippen LogP) is 3.82. The van der Waals surface area contributed by atoms with Gasteiger partial charge in [0.05, 0.1) is 31.1 Å². The van der Waals surface area contributed by atoms with Crippen LogP contribution in [0.2, 0.25) is 0 Å². The number of carboxylic acid groups (broad SMARTS) is 2. The SMILES string of the molecule is Fc1cnc(N2CCOC3(CCN(Cc4cccs4)CC3)C2)nc1.O=C(O)C(F)(F)F.O=C(O)C(F)(F)F. The summed E-state index contributed by atoms with van der Waals surface area (Å²) < 4.78 is 82.7. The number of likely N-dealkylation sites (tertiary alicyclic amines) is 1. The van der Waals surface area contributed by atoms with Crippen LogP contribution in [0.15, 0.2) is 29.9 Å². The van der Waals surface area contributed by atoms with Crippen molar-refractivity contribution in [2.24, 2.45) is 0 Å². The summed E-state index contributed by atoms with van der Waals surface area (Å²) in [6, 6.07) is 4.30. The molecule has 0 radical (unpaired) electrons. The van der Waals surface area contributed by atoms with Gasteiger partial charge in [-0.05, 0) is 24.3 Å². The number of carbonyl (C=O) groups is 2. The molecule has 0 bridgehead atoms. The molecule has 4 heterocycles. The van der Waals surface area contributed by atoms with Crippen LogP contribution < -0.4 is 4.90 Å². The van der Waals surface area contributed by atoms with E-state index in [1.165, 1.54) is 17.3 Å². The van der Waals surface area contributed by atoms with Gasteiger partial charge in [0.2, 0.25) is 5.95 Å². The molecule has 38 heavy (non-hydrogen) atoms. The van der Waals surface area contributed by atoms with E-state index in [0.717, 1.165) is 45.6 Å². The largest absolute Gasteiger partial charge is 0.490 e. The predicted molar refractivity (Wildman–Crippen MR) is 119 cm³/mol. The molecule has 0 saturated carbocycles. The van der Waals surface area contributed by atoms with Crippen molar-refractivity contribution in [3.05, 3.63) is 40.6 Å². The molecule has 2 fully saturated rings. The van der Waals surface area contributed by atoms with Crippen LogP contribution in [0.25, 0.3) is 0 Å². The molecular formula is C21H23F7N4O5S. The lowest BCUT2D eigenvalue weighted by Crippen LogP contribution is -2.57. The summed E-state index contributed by atoms with van der Waals surface area (Å²) in [5.41, 5.74) is -0.123. The summed E-state index contributed by atoms with van der Waals surface area (Å²) in [7, 11) is 0. The maximum Gasteiger partial charge on any atom is 0.490 e. The Hall–Kier alpha value is -3.05. The second-order valence-corrected chi connectivity index (χ2v) is 9.15. The van der Waals surface area contributed by atoms with Crippen molar-refractivity contribution in [1.29, 1.82) is 0 Å². The fourth-order valence-corrected chi connectivity index (χ4v) is 4.27. The number of aliphatic carboxylic acids is 2. The molecule has 212 valence electrons. The molecule has 2 aliphatic heterocycles. The summed E-state index contributed by atoms with van der Waals surface area (Å²) in [6.45, 7) is 5.31. The standard InChI is InChI=1S/C17H21FN4OS.2C2HF3O2/c18-14-10-19-16(20-11-14)22-7-8-23-17(13-22)3-5-21(6-4-17)12-15-2-1-9-24-15;2*3-2(4,5)1(6)7/h1-2,9-11H,3-8,12-13H2;2*(H,6,7). The van der Waals surface area contributed by atoms with Crippen LogP contribution in [0, 0.1) is 5.82 Å². The van der Waals surface area contributed by atoms with Gasteiger partial charge in [0, 0.05) is 31.1 Å². The first kappa shape index (κ1) is 31.2. The number of morpholine rings is 1. The second-order valence-electron chi connectivity index (χ2n) is 8.12. The molecule has 0 atom stereocenters. The van der Waals surface area contributed by atoms with Crippen LogP contribution in [0.1, 0.15) is 17.7 Å². The van der Waals surface area contributed by atoms with Crippen LogP contribution in [0.5, 0.6) is 0 Å². The molecule has 2 aromatic heterocycles. The molecule has 2 aromatic rings. The minimum Gasteiger partial charge on any atom is -0.475 e. The Morgan fingerprint density at radius 3 is 1.97 bits per heavy atom. The number of carboxylic acids is 2. The topological polar surface area (TPSA) is 116 Å². The first-order valence-corrected chi connectivity index (χ1v) is 11.7. The Bertz CT molecular complexity index is 1000. The number of alkyl halides is 6. The maximum absolute atomic E-state index is 13.0. The van der Waals surface area contributed by atoms with E-state index in [-0.39, 0.29) is 5.60 Å². The first-order chi connectivity index (χ1) is 17.6. The van der Waals surface area contributed by atoms with E-state index < -0.39 is 30.1 Å². The molecule has 2 N–H and O–H groups in total. The fraction of sp³-hybridized carbons (Fsp3) is 0.524. The highest BCUT2D eigenvalue weighted by Gasteiger charge is 2.41. The molecule has 0 aromatic carbocycles. The van der Waals surface area contributed by atoms with E-state index in [1.54, 1.807) is 0 Å². The number of ether oxygens (including phenoxy) is 1. The van der Waals surface area contributed by atoms with Gasteiger partial charge in [0.15, 0.2) is 5.82 Å². The number of thiophene rings is 1. The second kappa shape index (κ2) is 13.1. The van der Waals surface area contributed by atoms with E-state index in [1.807, 2.05) is 11.3 Å². The summed E-state index contributed by atoms with van der Waals surface area (Å²) in [5, 5.41) is 16.4. The lowest BCUT2D eigenvalue weighted by Gasteiger charge is -2.47. The van der Waals surface area contributed by atoms with Crippen molar-refractivity contribution < 1.29 is 55.3 Å². The lowest BCUT2D eigenvalue weighted by molar-refractivity contribution is -0.193. The Labute approximate surface area is 215 Å². The number of halogens is 7. The average Bonchev–Trinajstić information content (AvgIpc) is 3.34. The number of aromatic nitrogens is 2. The van der Waals surface area contributed by atoms with Crippen molar-refractivity contribution >= 4 is 29.2 Å². The Morgan fingerprint density at radius 1 is 1.00 bits per heavy atom. The van der Waals surface area contributed by atoms with E-state index >= 15 is 0 Å². The molecule has 2 saturated heterocycles. The van der Waals surface area contributed by atoms with Crippen molar-refractivity contribution in [3.63, 3.8) is 0 Å². The van der Waals surface area contributed by atoms with Gasteiger partial charge in [-0.2, -0.15) is 26.3 Å². The molecule has 0 aliphatic carbocycles.